The number of ketones is 1. The molecule has 0 aliphatic carbocycles. The molecule has 1 unspecified atom stereocenters. The van der Waals surface area contributed by atoms with Gasteiger partial charge in [0.2, 0.25) is 0 Å². The first-order valence-corrected chi connectivity index (χ1v) is 9.72. The highest BCUT2D eigenvalue weighted by Crippen LogP contribution is 2.15. The third kappa shape index (κ3) is 6.75. The Labute approximate surface area is 167 Å². The number of carbonyl (C=O) groups is 1. The second kappa shape index (κ2) is 11.0. The molecule has 0 spiro atoms. The summed E-state index contributed by atoms with van der Waals surface area (Å²) < 4.78 is 10.8. The summed E-state index contributed by atoms with van der Waals surface area (Å²) in [6.45, 7) is 2.53. The zero-order valence-electron chi connectivity index (χ0n) is 16.8. The molecule has 2 rings (SSSR count). The lowest BCUT2D eigenvalue weighted by Gasteiger charge is -2.25. The third-order valence-electron chi connectivity index (χ3n) is 4.98. The minimum atomic E-state index is -0.695. The maximum absolute atomic E-state index is 12.4. The van der Waals surface area contributed by atoms with Gasteiger partial charge in [0.25, 0.3) is 0 Å². The molecule has 152 valence electrons. The van der Waals surface area contributed by atoms with Gasteiger partial charge < -0.3 is 20.3 Å². The fourth-order valence-corrected chi connectivity index (χ4v) is 2.81. The number of aliphatic hydroxyl groups is 1. The van der Waals surface area contributed by atoms with Crippen molar-refractivity contribution in [3.05, 3.63) is 65.2 Å². The summed E-state index contributed by atoms with van der Waals surface area (Å²) in [5.74, 6) is 0.986. The van der Waals surface area contributed by atoms with E-state index in [2.05, 4.69) is 0 Å². The van der Waals surface area contributed by atoms with Gasteiger partial charge in [-0.05, 0) is 42.5 Å². The van der Waals surface area contributed by atoms with Crippen LogP contribution in [0.3, 0.4) is 0 Å². The van der Waals surface area contributed by atoms with Gasteiger partial charge in [-0.25, -0.2) is 0 Å². The molecule has 0 saturated carbocycles. The van der Waals surface area contributed by atoms with E-state index in [1.54, 1.807) is 7.11 Å². The zero-order valence-corrected chi connectivity index (χ0v) is 16.8. The van der Waals surface area contributed by atoms with E-state index < -0.39 is 5.54 Å². The van der Waals surface area contributed by atoms with Crippen molar-refractivity contribution in [1.29, 1.82) is 0 Å². The summed E-state index contributed by atoms with van der Waals surface area (Å²) in [7, 11) is 1.65. The molecule has 5 nitrogen and oxygen atoms in total. The predicted molar refractivity (Wildman–Crippen MR) is 111 cm³/mol. The highest BCUT2D eigenvalue weighted by Gasteiger charge is 2.21. The number of ether oxygens (including phenoxy) is 2. The Morgan fingerprint density at radius 3 is 2.29 bits per heavy atom. The van der Waals surface area contributed by atoms with Gasteiger partial charge in [0.15, 0.2) is 5.78 Å². The van der Waals surface area contributed by atoms with E-state index in [-0.39, 0.29) is 12.4 Å². The number of Topliss-reactive ketones (excluding diaryl/α,β-unsaturated/α-hetero) is 1. The van der Waals surface area contributed by atoms with Crippen LogP contribution < -0.4 is 10.5 Å². The van der Waals surface area contributed by atoms with Crippen LogP contribution in [0.2, 0.25) is 0 Å². The van der Waals surface area contributed by atoms with Crippen LogP contribution in [0.1, 0.15) is 47.7 Å². The second-order valence-corrected chi connectivity index (χ2v) is 7.19. The highest BCUT2D eigenvalue weighted by atomic mass is 16.5. The Morgan fingerprint density at radius 1 is 1.07 bits per heavy atom. The number of carbonyl (C=O) groups excluding carboxylic acids is 1. The standard InChI is InChI=1S/C23H31NO4/c1-3-23(24,16-25)17-28-15-19-7-11-20(12-8-19)22(26)6-4-5-18-9-13-21(27-2)14-10-18/h7-14,25H,3-6,15-17,24H2,1-2H3. The number of hydrogen-bond donors (Lipinski definition) is 2. The first kappa shape index (κ1) is 22.1. The monoisotopic (exact) mass is 385 g/mol. The number of nitrogens with two attached hydrogens (primary N) is 1. The van der Waals surface area contributed by atoms with Gasteiger partial charge in [-0.2, -0.15) is 0 Å². The fourth-order valence-electron chi connectivity index (χ4n) is 2.81. The Kier molecular flexibility index (Phi) is 8.64. The maximum atomic E-state index is 12.4. The molecule has 0 heterocycles. The molecule has 0 bridgehead atoms. The molecule has 1 atom stereocenters. The first-order valence-electron chi connectivity index (χ1n) is 9.72. The lowest BCUT2D eigenvalue weighted by Crippen LogP contribution is -2.47. The maximum Gasteiger partial charge on any atom is 0.162 e. The van der Waals surface area contributed by atoms with Crippen molar-refractivity contribution in [3.63, 3.8) is 0 Å². The van der Waals surface area contributed by atoms with Crippen LogP contribution in [0.5, 0.6) is 5.75 Å². The average molecular weight is 386 g/mol. The summed E-state index contributed by atoms with van der Waals surface area (Å²) in [6, 6.07) is 15.4. The molecule has 0 aliphatic rings. The van der Waals surface area contributed by atoms with Gasteiger partial charge in [-0.15, -0.1) is 0 Å². The van der Waals surface area contributed by atoms with Crippen LogP contribution >= 0.6 is 0 Å². The molecule has 0 aromatic heterocycles. The lowest BCUT2D eigenvalue weighted by atomic mass is 10.0. The molecule has 2 aromatic rings. The Bertz CT molecular complexity index is 721. The number of benzene rings is 2. The van der Waals surface area contributed by atoms with Crippen LogP contribution in [0.25, 0.3) is 0 Å². The minimum absolute atomic E-state index is 0.104. The zero-order chi connectivity index (χ0) is 20.4. The fraction of sp³-hybridized carbons (Fsp3) is 0.435. The predicted octanol–water partition coefficient (Wildman–Crippen LogP) is 3.52. The molecule has 5 heteroatoms. The summed E-state index contributed by atoms with van der Waals surface area (Å²) in [6.07, 6.45) is 2.84. The van der Waals surface area contributed by atoms with E-state index in [0.717, 1.165) is 29.7 Å². The molecule has 0 amide bonds. The van der Waals surface area contributed by atoms with Crippen molar-refractivity contribution in [2.24, 2.45) is 5.73 Å². The van der Waals surface area contributed by atoms with E-state index in [1.807, 2.05) is 55.5 Å². The van der Waals surface area contributed by atoms with E-state index in [0.29, 0.717) is 26.1 Å². The molecule has 0 saturated heterocycles. The molecule has 0 aliphatic heterocycles. The third-order valence-corrected chi connectivity index (χ3v) is 4.98. The Balaban J connectivity index is 1.76. The van der Waals surface area contributed by atoms with Gasteiger partial charge in [0.05, 0.1) is 32.5 Å². The average Bonchev–Trinajstić information content (AvgIpc) is 2.74. The van der Waals surface area contributed by atoms with Crippen LogP contribution in [-0.4, -0.2) is 36.8 Å². The summed E-state index contributed by atoms with van der Waals surface area (Å²) in [5.41, 5.74) is 8.20. The number of aryl methyl sites for hydroxylation is 1. The largest absolute Gasteiger partial charge is 0.497 e. The summed E-state index contributed by atoms with van der Waals surface area (Å²) in [4.78, 5) is 12.4. The quantitative estimate of drug-likeness (QED) is 0.546. The van der Waals surface area contributed by atoms with Crippen molar-refractivity contribution in [2.45, 2.75) is 44.8 Å². The number of aliphatic hydroxyl groups excluding tert-OH is 1. The first-order chi connectivity index (χ1) is 13.5. The molecular weight excluding hydrogens is 354 g/mol. The van der Waals surface area contributed by atoms with Gasteiger partial charge >= 0.3 is 0 Å². The van der Waals surface area contributed by atoms with Gasteiger partial charge in [0, 0.05) is 12.0 Å². The SMILES string of the molecule is CCC(N)(CO)COCc1ccc(C(=O)CCCc2ccc(OC)cc2)cc1. The van der Waals surface area contributed by atoms with Crippen molar-refractivity contribution in [3.8, 4) is 5.75 Å². The molecule has 0 radical (unpaired) electrons. The minimum Gasteiger partial charge on any atom is -0.497 e. The topological polar surface area (TPSA) is 81.8 Å². The van der Waals surface area contributed by atoms with Crippen LogP contribution in [0.4, 0.5) is 0 Å². The van der Waals surface area contributed by atoms with E-state index >= 15 is 0 Å². The Morgan fingerprint density at radius 2 is 1.71 bits per heavy atom. The van der Waals surface area contributed by atoms with E-state index in [1.165, 1.54) is 5.56 Å². The molecule has 2 aromatic carbocycles. The van der Waals surface area contributed by atoms with Crippen molar-refractivity contribution >= 4 is 5.78 Å². The van der Waals surface area contributed by atoms with Crippen LogP contribution in [0, 0.1) is 0 Å². The van der Waals surface area contributed by atoms with E-state index in [4.69, 9.17) is 15.2 Å². The normalized spacial score (nSPS) is 13.1. The number of methoxy groups -OCH3 is 1. The molecule has 28 heavy (non-hydrogen) atoms. The second-order valence-electron chi connectivity index (χ2n) is 7.19. The van der Waals surface area contributed by atoms with Gasteiger partial charge in [-0.3, -0.25) is 4.79 Å². The van der Waals surface area contributed by atoms with Crippen molar-refractivity contribution < 1.29 is 19.4 Å². The molecule has 0 fully saturated rings. The summed E-state index contributed by atoms with van der Waals surface area (Å²) >= 11 is 0. The van der Waals surface area contributed by atoms with Crippen LogP contribution in [-0.2, 0) is 17.8 Å². The summed E-state index contributed by atoms with van der Waals surface area (Å²) in [5, 5.41) is 9.30. The van der Waals surface area contributed by atoms with E-state index in [9.17, 15) is 9.90 Å². The smallest absolute Gasteiger partial charge is 0.162 e. The number of rotatable bonds is 12. The van der Waals surface area contributed by atoms with Gasteiger partial charge in [0.1, 0.15) is 5.75 Å². The van der Waals surface area contributed by atoms with Gasteiger partial charge in [-0.1, -0.05) is 43.3 Å². The highest BCUT2D eigenvalue weighted by molar-refractivity contribution is 5.96. The Hall–Kier alpha value is -2.21. The van der Waals surface area contributed by atoms with Crippen LogP contribution in [0.15, 0.2) is 48.5 Å². The molecular formula is C23H31NO4. The van der Waals surface area contributed by atoms with Crippen molar-refractivity contribution in [2.75, 3.05) is 20.3 Å². The number of hydrogen-bond acceptors (Lipinski definition) is 5. The lowest BCUT2D eigenvalue weighted by molar-refractivity contribution is 0.0440. The van der Waals surface area contributed by atoms with Crippen molar-refractivity contribution in [1.82, 2.24) is 0 Å². The molecule has 3 N–H and O–H groups in total.